The van der Waals surface area contributed by atoms with E-state index in [1.807, 2.05) is 0 Å². The molecule has 14 heteroatoms. The maximum atomic E-state index is 12.4. The van der Waals surface area contributed by atoms with E-state index in [-0.39, 0.29) is 44.3 Å². The van der Waals surface area contributed by atoms with Crippen molar-refractivity contribution in [3.8, 4) is 0 Å². The van der Waals surface area contributed by atoms with Crippen LogP contribution in [-0.4, -0.2) is 79.6 Å². The van der Waals surface area contributed by atoms with Crippen molar-refractivity contribution in [2.24, 2.45) is 22.2 Å². The first-order valence-electron chi connectivity index (χ1n) is 9.65. The Hall–Kier alpha value is -2.19. The molecule has 0 spiro atoms. The molecule has 0 fully saturated rings. The summed E-state index contributed by atoms with van der Waals surface area (Å²) in [6.45, 7) is 3.80. The topological polar surface area (TPSA) is 201 Å². The number of nitrogens with two attached hydrogens (primary N) is 3. The van der Waals surface area contributed by atoms with E-state index in [1.54, 1.807) is 13.8 Å². The molecule has 2 amide bonds. The quantitative estimate of drug-likeness (QED) is 0.0564. The third-order valence-electron chi connectivity index (χ3n) is 3.42. The molecule has 31 heavy (non-hydrogen) atoms. The molecule has 0 aliphatic carbocycles. The first-order chi connectivity index (χ1) is 14.7. The summed E-state index contributed by atoms with van der Waals surface area (Å²) in [5.41, 5.74) is 16.2. The number of ether oxygens (including phenoxy) is 2. The zero-order chi connectivity index (χ0) is 23.6. The molecule has 0 aromatic carbocycles. The molecule has 0 bridgehead atoms. The lowest BCUT2D eigenvalue weighted by atomic mass is 10.1. The molecule has 8 N–H and O–H groups in total. The first-order valence-corrected chi connectivity index (χ1v) is 12.1. The fourth-order valence-electron chi connectivity index (χ4n) is 1.98. The molecule has 2 atom stereocenters. The predicted octanol–water partition coefficient (Wildman–Crippen LogP) is -1.52. The van der Waals surface area contributed by atoms with E-state index in [9.17, 15) is 19.2 Å². The summed E-state index contributed by atoms with van der Waals surface area (Å²) in [4.78, 5) is 51.5. The summed E-state index contributed by atoms with van der Waals surface area (Å²) in [5.74, 6) is -1.34. The number of guanidine groups is 1. The fraction of sp³-hybridized carbons (Fsp3) is 0.706. The Morgan fingerprint density at radius 2 is 1.74 bits per heavy atom. The highest BCUT2D eigenvalue weighted by Gasteiger charge is 2.23. The molecule has 0 saturated carbocycles. The predicted molar refractivity (Wildman–Crippen MR) is 121 cm³/mol. The van der Waals surface area contributed by atoms with Gasteiger partial charge in [-0.2, -0.15) is 0 Å². The van der Waals surface area contributed by atoms with Crippen molar-refractivity contribution in [2.45, 2.75) is 38.8 Å². The lowest BCUT2D eigenvalue weighted by Crippen LogP contribution is -2.49. The second kappa shape index (κ2) is 17.5. The first kappa shape index (κ1) is 28.8. The molecule has 2 unspecified atom stereocenters. The van der Waals surface area contributed by atoms with E-state index >= 15 is 0 Å². The van der Waals surface area contributed by atoms with Crippen molar-refractivity contribution < 1.29 is 28.7 Å². The zero-order valence-corrected chi connectivity index (χ0v) is 19.4. The monoisotopic (exact) mass is 480 g/mol. The fourth-order valence-corrected chi connectivity index (χ4v) is 4.01. The number of nitrogens with zero attached hydrogens (tertiary/aromatic N) is 1. The Morgan fingerprint density at radius 3 is 2.35 bits per heavy atom. The van der Waals surface area contributed by atoms with E-state index < -0.39 is 35.8 Å². The van der Waals surface area contributed by atoms with Gasteiger partial charge in [0.15, 0.2) is 5.96 Å². The Morgan fingerprint density at radius 1 is 1.06 bits per heavy atom. The lowest BCUT2D eigenvalue weighted by molar-refractivity contribution is -0.145. The Balaban J connectivity index is 4.67. The second-order valence-corrected chi connectivity index (χ2v) is 8.58. The highest BCUT2D eigenvalue weighted by atomic mass is 33.1. The summed E-state index contributed by atoms with van der Waals surface area (Å²) < 4.78 is 9.56. The van der Waals surface area contributed by atoms with Crippen LogP contribution in [0.15, 0.2) is 4.99 Å². The van der Waals surface area contributed by atoms with Crippen LogP contribution in [0.1, 0.15) is 26.7 Å². The van der Waals surface area contributed by atoms with Crippen LogP contribution in [0.3, 0.4) is 0 Å². The molecule has 0 aliphatic heterocycles. The minimum absolute atomic E-state index is 0.00453. The van der Waals surface area contributed by atoms with Crippen molar-refractivity contribution in [3.63, 3.8) is 0 Å². The number of esters is 2. The van der Waals surface area contributed by atoms with Crippen molar-refractivity contribution >= 4 is 51.3 Å². The number of carbonyl (C=O) groups excluding carboxylic acids is 4. The van der Waals surface area contributed by atoms with E-state index in [1.165, 1.54) is 21.6 Å². The van der Waals surface area contributed by atoms with E-state index in [2.05, 4.69) is 15.6 Å². The molecular formula is C17H32N6O6S2. The standard InChI is InChI=1S/C17H32N6O6S2/c1-3-28-14(25)9-22-15(26)12(10-31-30-8-7-21-17(19)20)23-13(24)6-5-11(18)16(27)29-4-2/h11-12H,3-10,18H2,1-2H3,(H,22,26)(H,23,24)(H4,19,20,21). The SMILES string of the molecule is CCOC(=O)CNC(=O)C(CSSCCN=C(N)N)NC(=O)CCC(N)C(=O)OCC. The second-order valence-electron chi connectivity index (χ2n) is 5.95. The molecule has 0 radical (unpaired) electrons. The normalized spacial score (nSPS) is 12.2. The third-order valence-corrected chi connectivity index (χ3v) is 5.82. The van der Waals surface area contributed by atoms with Gasteiger partial charge in [0, 0.05) is 17.9 Å². The highest BCUT2D eigenvalue weighted by molar-refractivity contribution is 8.76. The van der Waals surface area contributed by atoms with Gasteiger partial charge in [-0.15, -0.1) is 0 Å². The van der Waals surface area contributed by atoms with Crippen LogP contribution in [-0.2, 0) is 28.7 Å². The van der Waals surface area contributed by atoms with E-state index in [0.29, 0.717) is 12.3 Å². The number of rotatable bonds is 16. The van der Waals surface area contributed by atoms with Crippen LogP contribution in [0.4, 0.5) is 0 Å². The summed E-state index contributed by atoms with van der Waals surface area (Å²) >= 11 is 0. The molecule has 0 saturated heterocycles. The van der Waals surface area contributed by atoms with Gasteiger partial charge in [-0.1, -0.05) is 21.6 Å². The van der Waals surface area contributed by atoms with Crippen LogP contribution in [0.2, 0.25) is 0 Å². The Bertz CT molecular complexity index is 618. The van der Waals surface area contributed by atoms with E-state index in [4.69, 9.17) is 26.7 Å². The Labute approximate surface area is 189 Å². The number of nitrogens with one attached hydrogen (secondary N) is 2. The zero-order valence-electron chi connectivity index (χ0n) is 17.8. The van der Waals surface area contributed by atoms with Gasteiger partial charge in [-0.05, 0) is 20.3 Å². The molecule has 0 aliphatic rings. The lowest BCUT2D eigenvalue weighted by Gasteiger charge is -2.18. The van der Waals surface area contributed by atoms with Crippen molar-refractivity contribution in [1.82, 2.24) is 10.6 Å². The van der Waals surface area contributed by atoms with Crippen LogP contribution >= 0.6 is 21.6 Å². The minimum Gasteiger partial charge on any atom is -0.465 e. The summed E-state index contributed by atoms with van der Waals surface area (Å²) in [6, 6.07) is -1.83. The van der Waals surface area contributed by atoms with Gasteiger partial charge < -0.3 is 37.3 Å². The van der Waals surface area contributed by atoms with Gasteiger partial charge in [-0.25, -0.2) is 0 Å². The average Bonchev–Trinajstić information content (AvgIpc) is 2.71. The van der Waals surface area contributed by atoms with Crippen molar-refractivity contribution in [1.29, 1.82) is 0 Å². The number of aliphatic imine (C=N–C) groups is 1. The molecular weight excluding hydrogens is 448 g/mol. The summed E-state index contributed by atoms with van der Waals surface area (Å²) in [6.07, 6.45) is 0.00613. The molecule has 178 valence electrons. The largest absolute Gasteiger partial charge is 0.465 e. The maximum Gasteiger partial charge on any atom is 0.325 e. The van der Waals surface area contributed by atoms with Gasteiger partial charge in [-0.3, -0.25) is 24.2 Å². The van der Waals surface area contributed by atoms with Crippen LogP contribution in [0, 0.1) is 0 Å². The molecule has 0 aromatic heterocycles. The molecule has 0 aromatic rings. The van der Waals surface area contributed by atoms with Crippen molar-refractivity contribution in [2.75, 3.05) is 37.8 Å². The maximum absolute atomic E-state index is 12.4. The number of hydrogen-bond acceptors (Lipinski definition) is 10. The smallest absolute Gasteiger partial charge is 0.325 e. The van der Waals surface area contributed by atoms with Gasteiger partial charge in [0.1, 0.15) is 18.6 Å². The third kappa shape index (κ3) is 15.3. The van der Waals surface area contributed by atoms with Gasteiger partial charge in [0.25, 0.3) is 0 Å². The van der Waals surface area contributed by atoms with Crippen LogP contribution in [0.25, 0.3) is 0 Å². The number of carbonyl (C=O) groups is 4. The Kier molecular flexibility index (Phi) is 16.3. The van der Waals surface area contributed by atoms with Crippen LogP contribution in [0.5, 0.6) is 0 Å². The summed E-state index contributed by atoms with van der Waals surface area (Å²) in [5, 5.41) is 5.03. The van der Waals surface area contributed by atoms with Gasteiger partial charge >= 0.3 is 11.9 Å². The van der Waals surface area contributed by atoms with Crippen molar-refractivity contribution in [3.05, 3.63) is 0 Å². The number of amides is 2. The van der Waals surface area contributed by atoms with Gasteiger partial charge in [0.2, 0.25) is 11.8 Å². The number of hydrogen-bond donors (Lipinski definition) is 5. The molecule has 0 heterocycles. The minimum atomic E-state index is -0.928. The molecule has 12 nitrogen and oxygen atoms in total. The van der Waals surface area contributed by atoms with E-state index in [0.717, 1.165) is 0 Å². The molecule has 0 rings (SSSR count). The van der Waals surface area contributed by atoms with Crippen LogP contribution < -0.4 is 27.8 Å². The average molecular weight is 481 g/mol. The van der Waals surface area contributed by atoms with Gasteiger partial charge in [0.05, 0.1) is 19.8 Å². The highest BCUT2D eigenvalue weighted by Crippen LogP contribution is 2.21. The summed E-state index contributed by atoms with van der Waals surface area (Å²) in [7, 11) is 2.76.